The lowest BCUT2D eigenvalue weighted by Gasteiger charge is -2.25. The number of hydrogen-bond donors (Lipinski definition) is 1. The number of hydrogen-bond acceptors (Lipinski definition) is 6. The molecule has 0 saturated heterocycles. The summed E-state index contributed by atoms with van der Waals surface area (Å²) in [7, 11) is -0.492. The van der Waals surface area contributed by atoms with Gasteiger partial charge < -0.3 is 19.5 Å². The number of nitrogens with one attached hydrogen (secondary N) is 1. The van der Waals surface area contributed by atoms with Crippen molar-refractivity contribution >= 4 is 21.6 Å². The first-order valence-corrected chi connectivity index (χ1v) is 12.8. The lowest BCUT2D eigenvalue weighted by Crippen LogP contribution is -2.30. The van der Waals surface area contributed by atoms with Crippen molar-refractivity contribution in [2.24, 2.45) is 0 Å². The molecule has 0 bridgehead atoms. The quantitative estimate of drug-likeness (QED) is 0.404. The molecule has 186 valence electrons. The first kappa shape index (κ1) is 25.9. The van der Waals surface area contributed by atoms with Gasteiger partial charge in [-0.3, -0.25) is 9.10 Å². The van der Waals surface area contributed by atoms with Crippen molar-refractivity contribution in [1.82, 2.24) is 5.32 Å². The fourth-order valence-electron chi connectivity index (χ4n) is 3.43. The van der Waals surface area contributed by atoms with Crippen LogP contribution < -0.4 is 23.8 Å². The number of sulfonamides is 1. The summed E-state index contributed by atoms with van der Waals surface area (Å²) in [4.78, 5) is 12.5. The van der Waals surface area contributed by atoms with Crippen LogP contribution in [-0.2, 0) is 16.6 Å². The second-order valence-electron chi connectivity index (χ2n) is 7.93. The number of amides is 1. The fourth-order valence-corrected chi connectivity index (χ4v) is 4.31. The first-order valence-electron chi connectivity index (χ1n) is 11.0. The molecule has 0 heterocycles. The summed E-state index contributed by atoms with van der Waals surface area (Å²) in [5.74, 6) is 1.57. The summed E-state index contributed by atoms with van der Waals surface area (Å²) < 4.78 is 42.6. The molecule has 0 unspecified atom stereocenters. The average molecular weight is 499 g/mol. The number of aryl methyl sites for hydroxylation is 1. The highest BCUT2D eigenvalue weighted by Gasteiger charge is 2.22. The molecule has 3 rings (SSSR count). The summed E-state index contributed by atoms with van der Waals surface area (Å²) in [5.41, 5.74) is 2.58. The van der Waals surface area contributed by atoms with Crippen LogP contribution in [0.25, 0.3) is 0 Å². The topological polar surface area (TPSA) is 94.2 Å². The van der Waals surface area contributed by atoms with Crippen molar-refractivity contribution < 1.29 is 27.4 Å². The largest absolute Gasteiger partial charge is 0.497 e. The SMILES string of the molecule is COc1cccc(OCCNC(=O)c2ccc(CN(c3cc(C)ccc3OC)S(C)(=O)=O)cc2)c1. The summed E-state index contributed by atoms with van der Waals surface area (Å²) >= 11 is 0. The van der Waals surface area contributed by atoms with Crippen LogP contribution in [0.1, 0.15) is 21.5 Å². The normalized spacial score (nSPS) is 11.0. The molecule has 9 heteroatoms. The number of rotatable bonds is 11. The maximum Gasteiger partial charge on any atom is 0.251 e. The minimum absolute atomic E-state index is 0.106. The zero-order valence-corrected chi connectivity index (χ0v) is 21.1. The minimum Gasteiger partial charge on any atom is -0.497 e. The molecule has 8 nitrogen and oxygen atoms in total. The molecular weight excluding hydrogens is 468 g/mol. The maximum absolute atomic E-state index is 12.6. The number of carbonyl (C=O) groups is 1. The highest BCUT2D eigenvalue weighted by atomic mass is 32.2. The van der Waals surface area contributed by atoms with E-state index in [0.29, 0.717) is 41.7 Å². The van der Waals surface area contributed by atoms with Crippen LogP contribution in [0.4, 0.5) is 5.69 Å². The average Bonchev–Trinajstić information content (AvgIpc) is 2.84. The summed E-state index contributed by atoms with van der Waals surface area (Å²) in [6, 6.07) is 19.4. The van der Waals surface area contributed by atoms with Gasteiger partial charge in [-0.05, 0) is 54.4 Å². The van der Waals surface area contributed by atoms with Gasteiger partial charge in [-0.2, -0.15) is 0 Å². The predicted molar refractivity (Wildman–Crippen MR) is 136 cm³/mol. The van der Waals surface area contributed by atoms with E-state index in [2.05, 4.69) is 5.32 Å². The number of carbonyl (C=O) groups excluding carboxylic acids is 1. The molecule has 0 radical (unpaired) electrons. The second-order valence-corrected chi connectivity index (χ2v) is 9.83. The van der Waals surface area contributed by atoms with Gasteiger partial charge in [-0.25, -0.2) is 8.42 Å². The third kappa shape index (κ3) is 7.13. The van der Waals surface area contributed by atoms with Gasteiger partial charge in [0.15, 0.2) is 0 Å². The number of ether oxygens (including phenoxy) is 3. The Hall–Kier alpha value is -3.72. The van der Waals surface area contributed by atoms with Crippen LogP contribution in [0.2, 0.25) is 0 Å². The molecule has 1 amide bonds. The Labute approximate surface area is 206 Å². The molecule has 0 aliphatic rings. The van der Waals surface area contributed by atoms with Crippen LogP contribution in [-0.4, -0.2) is 48.0 Å². The van der Waals surface area contributed by atoms with Crippen LogP contribution in [0.3, 0.4) is 0 Å². The van der Waals surface area contributed by atoms with E-state index in [0.717, 1.165) is 17.4 Å². The van der Waals surface area contributed by atoms with Gasteiger partial charge in [-0.1, -0.05) is 24.3 Å². The zero-order chi connectivity index (χ0) is 25.4. The summed E-state index contributed by atoms with van der Waals surface area (Å²) in [6.07, 6.45) is 1.16. The van der Waals surface area contributed by atoms with E-state index in [1.807, 2.05) is 31.2 Å². The lowest BCUT2D eigenvalue weighted by atomic mass is 10.1. The Morgan fingerprint density at radius 1 is 0.943 bits per heavy atom. The fraction of sp³-hybridized carbons (Fsp3) is 0.269. The third-order valence-electron chi connectivity index (χ3n) is 5.24. The van der Waals surface area contributed by atoms with Crippen LogP contribution in [0.5, 0.6) is 17.2 Å². The Balaban J connectivity index is 1.62. The molecule has 1 N–H and O–H groups in total. The van der Waals surface area contributed by atoms with Crippen LogP contribution in [0.15, 0.2) is 66.7 Å². The van der Waals surface area contributed by atoms with Crippen molar-refractivity contribution in [2.75, 3.05) is 37.9 Å². The van der Waals surface area contributed by atoms with Crippen molar-refractivity contribution in [1.29, 1.82) is 0 Å². The lowest BCUT2D eigenvalue weighted by molar-refractivity contribution is 0.0947. The molecular formula is C26H30N2O6S. The Morgan fingerprint density at radius 3 is 2.31 bits per heavy atom. The van der Waals surface area contributed by atoms with Gasteiger partial charge in [0.05, 0.1) is 39.3 Å². The molecule has 0 fully saturated rings. The molecule has 35 heavy (non-hydrogen) atoms. The highest BCUT2D eigenvalue weighted by molar-refractivity contribution is 7.92. The highest BCUT2D eigenvalue weighted by Crippen LogP contribution is 2.32. The van der Waals surface area contributed by atoms with E-state index in [4.69, 9.17) is 14.2 Å². The first-order chi connectivity index (χ1) is 16.7. The van der Waals surface area contributed by atoms with Gasteiger partial charge in [-0.15, -0.1) is 0 Å². The van der Waals surface area contributed by atoms with Gasteiger partial charge in [0.1, 0.15) is 23.9 Å². The third-order valence-corrected chi connectivity index (χ3v) is 6.37. The molecule has 3 aromatic rings. The molecule has 0 saturated carbocycles. The van der Waals surface area contributed by atoms with Crippen molar-refractivity contribution in [2.45, 2.75) is 13.5 Å². The smallest absolute Gasteiger partial charge is 0.251 e. The monoisotopic (exact) mass is 498 g/mol. The molecule has 0 aliphatic carbocycles. The second kappa shape index (κ2) is 11.6. The summed E-state index contributed by atoms with van der Waals surface area (Å²) in [5, 5.41) is 2.81. The van der Waals surface area contributed by atoms with E-state index >= 15 is 0 Å². The van der Waals surface area contributed by atoms with E-state index in [1.54, 1.807) is 49.6 Å². The molecule has 0 aromatic heterocycles. The van der Waals surface area contributed by atoms with Crippen molar-refractivity contribution in [3.8, 4) is 17.2 Å². The Bertz CT molecular complexity index is 1260. The van der Waals surface area contributed by atoms with Crippen LogP contribution in [0, 0.1) is 6.92 Å². The van der Waals surface area contributed by atoms with Crippen LogP contribution >= 0.6 is 0 Å². The van der Waals surface area contributed by atoms with Gasteiger partial charge in [0.25, 0.3) is 5.91 Å². The van der Waals surface area contributed by atoms with E-state index in [1.165, 1.54) is 11.4 Å². The van der Waals surface area contributed by atoms with Crippen molar-refractivity contribution in [3.63, 3.8) is 0 Å². The molecule has 0 atom stereocenters. The van der Waals surface area contributed by atoms with Crippen molar-refractivity contribution in [3.05, 3.63) is 83.4 Å². The number of benzene rings is 3. The minimum atomic E-state index is -3.58. The zero-order valence-electron chi connectivity index (χ0n) is 20.3. The Kier molecular flexibility index (Phi) is 8.59. The van der Waals surface area contributed by atoms with Gasteiger partial charge in [0.2, 0.25) is 10.0 Å². The number of methoxy groups -OCH3 is 2. The Morgan fingerprint density at radius 2 is 1.66 bits per heavy atom. The standard InChI is InChI=1S/C26H30N2O6S/c1-19-8-13-25(33-3)24(16-19)28(35(4,30)31)18-20-9-11-21(12-10-20)26(29)27-14-15-34-23-7-5-6-22(17-23)32-2/h5-13,16-17H,14-15,18H2,1-4H3,(H,27,29). The molecule has 0 spiro atoms. The molecule has 3 aromatic carbocycles. The predicted octanol–water partition coefficient (Wildman–Crippen LogP) is 3.79. The summed E-state index contributed by atoms with van der Waals surface area (Å²) in [6.45, 7) is 2.62. The molecule has 0 aliphatic heterocycles. The maximum atomic E-state index is 12.6. The van der Waals surface area contributed by atoms with Gasteiger partial charge in [0, 0.05) is 11.6 Å². The number of anilines is 1. The van der Waals surface area contributed by atoms with E-state index in [9.17, 15) is 13.2 Å². The van der Waals surface area contributed by atoms with Gasteiger partial charge >= 0.3 is 0 Å². The van der Waals surface area contributed by atoms with E-state index in [-0.39, 0.29) is 12.5 Å². The number of nitrogens with zero attached hydrogens (tertiary/aromatic N) is 1. The van der Waals surface area contributed by atoms with E-state index < -0.39 is 10.0 Å².